The van der Waals surface area contributed by atoms with Gasteiger partial charge in [-0.25, -0.2) is 23.1 Å². The number of sulfonamides is 1. The van der Waals surface area contributed by atoms with Gasteiger partial charge in [0.1, 0.15) is 0 Å². The van der Waals surface area contributed by atoms with Crippen molar-refractivity contribution in [2.75, 3.05) is 31.5 Å². The quantitative estimate of drug-likeness (QED) is 0.453. The van der Waals surface area contributed by atoms with Gasteiger partial charge in [-0.15, -0.1) is 0 Å². The van der Waals surface area contributed by atoms with E-state index in [4.69, 9.17) is 0 Å². The average molecular weight is 537 g/mol. The molecule has 2 aromatic carbocycles. The molecule has 2 amide bonds. The highest BCUT2D eigenvalue weighted by Gasteiger charge is 2.23. The topological polar surface area (TPSA) is 125 Å². The predicted molar refractivity (Wildman–Crippen MR) is 145 cm³/mol. The van der Waals surface area contributed by atoms with Crippen LogP contribution in [-0.4, -0.2) is 72.2 Å². The molecule has 4 rings (SSSR count). The summed E-state index contributed by atoms with van der Waals surface area (Å²) in [5.41, 5.74) is 2.68. The smallest absolute Gasteiger partial charge is 0.253 e. The lowest BCUT2D eigenvalue weighted by Gasteiger charge is -2.34. The summed E-state index contributed by atoms with van der Waals surface area (Å²) in [6.45, 7) is 7.40. The highest BCUT2D eigenvalue weighted by Crippen LogP contribution is 2.22. The van der Waals surface area contributed by atoms with Crippen LogP contribution in [0.4, 0.5) is 11.6 Å². The molecule has 1 aromatic heterocycles. The molecule has 3 aromatic rings. The molecule has 0 bridgehead atoms. The summed E-state index contributed by atoms with van der Waals surface area (Å²) in [7, 11) is -3.58. The Morgan fingerprint density at radius 2 is 1.58 bits per heavy atom. The van der Waals surface area contributed by atoms with Crippen LogP contribution in [0.3, 0.4) is 0 Å². The molecule has 1 saturated heterocycles. The normalized spacial score (nSPS) is 14.7. The Morgan fingerprint density at radius 1 is 0.947 bits per heavy atom. The van der Waals surface area contributed by atoms with E-state index in [1.165, 1.54) is 0 Å². The molecule has 1 unspecified atom stereocenters. The van der Waals surface area contributed by atoms with Crippen LogP contribution in [0, 0.1) is 0 Å². The second-order valence-electron chi connectivity index (χ2n) is 9.22. The van der Waals surface area contributed by atoms with Gasteiger partial charge in [0.05, 0.1) is 10.6 Å². The first kappa shape index (κ1) is 27.2. The predicted octanol–water partition coefficient (Wildman–Crippen LogP) is 3.27. The zero-order chi connectivity index (χ0) is 27.3. The molecule has 0 spiro atoms. The molecule has 2 N–H and O–H groups in total. The van der Waals surface area contributed by atoms with Crippen LogP contribution >= 0.6 is 0 Å². The zero-order valence-electron chi connectivity index (χ0n) is 21.7. The molecule has 1 atom stereocenters. The van der Waals surface area contributed by atoms with Crippen molar-refractivity contribution < 1.29 is 18.0 Å². The van der Waals surface area contributed by atoms with Gasteiger partial charge in [0.25, 0.3) is 5.91 Å². The van der Waals surface area contributed by atoms with Crippen molar-refractivity contribution in [1.29, 1.82) is 0 Å². The summed E-state index contributed by atoms with van der Waals surface area (Å²) in [5, 5.41) is 3.14. The average Bonchev–Trinajstić information content (AvgIpc) is 2.93. The number of amides is 2. The Labute approximate surface area is 223 Å². The third-order valence-electron chi connectivity index (χ3n) is 6.48. The number of anilines is 2. The molecule has 200 valence electrons. The molecule has 38 heavy (non-hydrogen) atoms. The maximum Gasteiger partial charge on any atom is 0.253 e. The Hall–Kier alpha value is -3.83. The second kappa shape index (κ2) is 11.7. The first-order chi connectivity index (χ1) is 18.2. The lowest BCUT2D eigenvalue weighted by Crippen LogP contribution is -2.50. The van der Waals surface area contributed by atoms with E-state index in [-0.39, 0.29) is 22.8 Å². The summed E-state index contributed by atoms with van der Waals surface area (Å²) < 4.78 is 27.7. The van der Waals surface area contributed by atoms with Crippen molar-refractivity contribution in [1.82, 2.24) is 24.5 Å². The van der Waals surface area contributed by atoms with Crippen LogP contribution in [0.1, 0.15) is 37.6 Å². The van der Waals surface area contributed by atoms with Crippen LogP contribution in [0.5, 0.6) is 0 Å². The number of benzene rings is 2. The number of piperazine rings is 1. The molecule has 1 fully saturated rings. The molecule has 11 heteroatoms. The first-order valence-electron chi connectivity index (χ1n) is 12.5. The van der Waals surface area contributed by atoms with Crippen LogP contribution in [0.15, 0.2) is 65.7 Å². The van der Waals surface area contributed by atoms with Gasteiger partial charge >= 0.3 is 0 Å². The van der Waals surface area contributed by atoms with Crippen LogP contribution in [-0.2, 0) is 14.8 Å². The van der Waals surface area contributed by atoms with Crippen molar-refractivity contribution in [2.24, 2.45) is 0 Å². The number of carbonyl (C=O) groups is 2. The van der Waals surface area contributed by atoms with E-state index in [2.05, 4.69) is 20.0 Å². The Bertz CT molecular complexity index is 1390. The van der Waals surface area contributed by atoms with E-state index in [9.17, 15) is 18.0 Å². The molecular formula is C27H32N6O4S. The maximum atomic E-state index is 12.8. The third kappa shape index (κ3) is 6.53. The van der Waals surface area contributed by atoms with Gasteiger partial charge in [-0.2, -0.15) is 0 Å². The highest BCUT2D eigenvalue weighted by molar-refractivity contribution is 7.89. The number of nitrogens with zero attached hydrogens (tertiary/aromatic N) is 4. The van der Waals surface area contributed by atoms with E-state index in [1.807, 2.05) is 13.8 Å². The van der Waals surface area contributed by atoms with Crippen LogP contribution in [0.2, 0.25) is 0 Å². The van der Waals surface area contributed by atoms with E-state index in [0.29, 0.717) is 49.8 Å². The largest absolute Gasteiger partial charge is 0.339 e. The molecule has 1 aliphatic heterocycles. The lowest BCUT2D eigenvalue weighted by molar-refractivity contribution is -0.130. The zero-order valence-corrected chi connectivity index (χ0v) is 22.5. The van der Waals surface area contributed by atoms with Gasteiger partial charge in [-0.3, -0.25) is 9.59 Å². The fourth-order valence-corrected chi connectivity index (χ4v) is 5.36. The van der Waals surface area contributed by atoms with Crippen LogP contribution < -0.4 is 10.0 Å². The third-order valence-corrected chi connectivity index (χ3v) is 8.09. The molecule has 10 nitrogen and oxygen atoms in total. The molecule has 1 aliphatic rings. The van der Waals surface area contributed by atoms with Gasteiger partial charge < -0.3 is 15.1 Å². The molecule has 0 aliphatic carbocycles. The van der Waals surface area contributed by atoms with Crippen molar-refractivity contribution in [2.45, 2.75) is 38.1 Å². The van der Waals surface area contributed by atoms with Gasteiger partial charge in [0.15, 0.2) is 0 Å². The van der Waals surface area contributed by atoms with E-state index in [0.717, 1.165) is 11.3 Å². The molecule has 0 saturated carbocycles. The van der Waals surface area contributed by atoms with E-state index >= 15 is 0 Å². The minimum atomic E-state index is -3.58. The number of rotatable bonds is 8. The number of hydrogen-bond donors (Lipinski definition) is 2. The number of aromatic nitrogens is 2. The van der Waals surface area contributed by atoms with Gasteiger partial charge in [0, 0.05) is 62.2 Å². The van der Waals surface area contributed by atoms with Crippen molar-refractivity contribution >= 4 is 33.5 Å². The second-order valence-corrected chi connectivity index (χ2v) is 10.9. The van der Waals surface area contributed by atoms with E-state index < -0.39 is 10.0 Å². The summed E-state index contributed by atoms with van der Waals surface area (Å²) >= 11 is 0. The number of carbonyl (C=O) groups excluding carboxylic acids is 2. The fourth-order valence-electron chi connectivity index (χ4n) is 4.03. The lowest BCUT2D eigenvalue weighted by atomic mass is 10.1. The van der Waals surface area contributed by atoms with Gasteiger partial charge in [-0.1, -0.05) is 19.1 Å². The molecular weight excluding hydrogens is 504 g/mol. The highest BCUT2D eigenvalue weighted by atomic mass is 32.2. The minimum Gasteiger partial charge on any atom is -0.339 e. The summed E-state index contributed by atoms with van der Waals surface area (Å²) in [4.78, 5) is 36.9. The van der Waals surface area contributed by atoms with Crippen molar-refractivity contribution in [3.05, 3.63) is 66.4 Å². The summed E-state index contributed by atoms with van der Waals surface area (Å²) in [6.07, 6.45) is 2.32. The summed E-state index contributed by atoms with van der Waals surface area (Å²) in [6, 6.07) is 15.2. The van der Waals surface area contributed by atoms with Crippen molar-refractivity contribution in [3.8, 4) is 11.3 Å². The Kier molecular flexibility index (Phi) is 8.38. The van der Waals surface area contributed by atoms with E-state index in [1.54, 1.807) is 77.5 Å². The number of nitrogens with one attached hydrogen (secondary N) is 2. The molecule has 0 radical (unpaired) electrons. The van der Waals surface area contributed by atoms with Crippen molar-refractivity contribution in [3.63, 3.8) is 0 Å². The number of hydrogen-bond acceptors (Lipinski definition) is 7. The monoisotopic (exact) mass is 536 g/mol. The standard InChI is InChI=1S/C27H32N6O4S/c1-4-19(2)31-38(36,37)24-11-7-21(8-12-24)25-13-14-28-27(30-25)29-23-9-5-22(6-10-23)26(35)33-17-15-32(16-18-33)20(3)34/h5-14,19,31H,4,15-18H2,1-3H3,(H,28,29,30). The Balaban J connectivity index is 1.40. The Morgan fingerprint density at radius 3 is 2.18 bits per heavy atom. The van der Waals surface area contributed by atoms with Crippen LogP contribution in [0.25, 0.3) is 11.3 Å². The first-order valence-corrected chi connectivity index (χ1v) is 14.0. The SMILES string of the molecule is CCC(C)NS(=O)(=O)c1ccc(-c2ccnc(Nc3ccc(C(=O)N4CCN(C(C)=O)CC4)cc3)n2)cc1. The minimum absolute atomic E-state index is 0.0261. The van der Waals surface area contributed by atoms with Gasteiger partial charge in [-0.05, 0) is 55.8 Å². The van der Waals surface area contributed by atoms with Gasteiger partial charge in [0.2, 0.25) is 21.9 Å². The summed E-state index contributed by atoms with van der Waals surface area (Å²) in [5.74, 6) is 0.332. The fraction of sp³-hybridized carbons (Fsp3) is 0.333. The molecule has 2 heterocycles. The maximum absolute atomic E-state index is 12.8.